The zero-order valence-electron chi connectivity index (χ0n) is 10.5. The molecular formula is C11H23NO4S. The number of sulfone groups is 1. The number of nitrogens with one attached hydrogen (secondary N) is 1. The van der Waals surface area contributed by atoms with Gasteiger partial charge in [-0.25, -0.2) is 8.42 Å². The molecule has 1 heterocycles. The number of hydrogen-bond acceptors (Lipinski definition) is 5. The lowest BCUT2D eigenvalue weighted by Gasteiger charge is -2.10. The van der Waals surface area contributed by atoms with E-state index in [1.807, 2.05) is 0 Å². The fourth-order valence-electron chi connectivity index (χ4n) is 1.82. The van der Waals surface area contributed by atoms with Crippen molar-refractivity contribution in [1.29, 1.82) is 0 Å². The van der Waals surface area contributed by atoms with E-state index in [4.69, 9.17) is 9.47 Å². The first-order chi connectivity index (χ1) is 8.14. The van der Waals surface area contributed by atoms with Crippen molar-refractivity contribution in [3.05, 3.63) is 0 Å². The van der Waals surface area contributed by atoms with Crippen molar-refractivity contribution in [3.8, 4) is 0 Å². The third-order valence-corrected chi connectivity index (χ3v) is 4.53. The van der Waals surface area contributed by atoms with Gasteiger partial charge in [0.1, 0.15) is 0 Å². The summed E-state index contributed by atoms with van der Waals surface area (Å²) in [4.78, 5) is 0. The topological polar surface area (TPSA) is 64.6 Å². The first kappa shape index (κ1) is 14.9. The molecule has 1 aliphatic heterocycles. The van der Waals surface area contributed by atoms with Crippen molar-refractivity contribution in [2.75, 3.05) is 44.9 Å². The Balaban J connectivity index is 2.03. The van der Waals surface area contributed by atoms with E-state index in [1.165, 1.54) is 0 Å². The van der Waals surface area contributed by atoms with E-state index in [9.17, 15) is 8.42 Å². The van der Waals surface area contributed by atoms with Crippen molar-refractivity contribution in [2.24, 2.45) is 0 Å². The summed E-state index contributed by atoms with van der Waals surface area (Å²) in [6.45, 7) is 2.60. The largest absolute Gasteiger partial charge is 0.385 e. The smallest absolute Gasteiger partial charge is 0.151 e. The van der Waals surface area contributed by atoms with Crippen molar-refractivity contribution in [1.82, 2.24) is 5.32 Å². The molecule has 1 saturated heterocycles. The summed E-state index contributed by atoms with van der Waals surface area (Å²) >= 11 is 0. The van der Waals surface area contributed by atoms with Crippen LogP contribution in [-0.2, 0) is 19.3 Å². The molecule has 0 saturated carbocycles. The maximum absolute atomic E-state index is 11.6. The van der Waals surface area contributed by atoms with Crippen LogP contribution in [0.25, 0.3) is 0 Å². The van der Waals surface area contributed by atoms with Crippen molar-refractivity contribution in [2.45, 2.75) is 25.4 Å². The summed E-state index contributed by atoms with van der Waals surface area (Å²) in [6.07, 6.45) is 3.03. The van der Waals surface area contributed by atoms with Gasteiger partial charge in [0.25, 0.3) is 0 Å². The highest BCUT2D eigenvalue weighted by molar-refractivity contribution is 7.91. The van der Waals surface area contributed by atoms with Crippen LogP contribution in [0.1, 0.15) is 19.3 Å². The molecule has 0 aromatic heterocycles. The van der Waals surface area contributed by atoms with Crippen LogP contribution in [0.3, 0.4) is 0 Å². The van der Waals surface area contributed by atoms with Gasteiger partial charge < -0.3 is 14.8 Å². The third kappa shape index (κ3) is 6.98. The van der Waals surface area contributed by atoms with Gasteiger partial charge in [0.2, 0.25) is 0 Å². The van der Waals surface area contributed by atoms with Crippen LogP contribution in [0.15, 0.2) is 0 Å². The van der Waals surface area contributed by atoms with Crippen LogP contribution in [0.5, 0.6) is 0 Å². The molecule has 1 atom stereocenters. The molecule has 1 fully saturated rings. The van der Waals surface area contributed by atoms with Crippen LogP contribution in [-0.4, -0.2) is 59.4 Å². The number of methoxy groups -OCH3 is 1. The highest BCUT2D eigenvalue weighted by Crippen LogP contribution is 2.10. The predicted octanol–water partition coefficient (Wildman–Crippen LogP) is 0.206. The van der Waals surface area contributed by atoms with Gasteiger partial charge >= 0.3 is 0 Å². The van der Waals surface area contributed by atoms with Gasteiger partial charge in [0.05, 0.1) is 17.6 Å². The van der Waals surface area contributed by atoms with Crippen LogP contribution in [0.2, 0.25) is 0 Å². The summed E-state index contributed by atoms with van der Waals surface area (Å²) in [6, 6.07) is 0. The Morgan fingerprint density at radius 1 is 1.41 bits per heavy atom. The van der Waals surface area contributed by atoms with E-state index >= 15 is 0 Å². The maximum Gasteiger partial charge on any atom is 0.151 e. The zero-order chi connectivity index (χ0) is 12.6. The number of hydrogen-bond donors (Lipinski definition) is 1. The molecule has 102 valence electrons. The molecule has 1 rings (SSSR count). The van der Waals surface area contributed by atoms with Crippen LogP contribution >= 0.6 is 0 Å². The Hall–Kier alpha value is -0.170. The second-order valence-corrected chi connectivity index (χ2v) is 6.64. The molecule has 0 aliphatic carbocycles. The second-order valence-electron chi connectivity index (χ2n) is 4.34. The van der Waals surface area contributed by atoms with Gasteiger partial charge in [-0.3, -0.25) is 0 Å². The molecule has 1 unspecified atom stereocenters. The van der Waals surface area contributed by atoms with E-state index in [0.717, 1.165) is 26.0 Å². The van der Waals surface area contributed by atoms with Gasteiger partial charge in [-0.15, -0.1) is 0 Å². The summed E-state index contributed by atoms with van der Waals surface area (Å²) in [5.74, 6) is 0.409. The van der Waals surface area contributed by atoms with Crippen molar-refractivity contribution in [3.63, 3.8) is 0 Å². The first-order valence-electron chi connectivity index (χ1n) is 6.16. The Bertz CT molecular complexity index is 286. The number of ether oxygens (including phenoxy) is 2. The lowest BCUT2D eigenvalue weighted by atomic mass is 10.2. The van der Waals surface area contributed by atoms with E-state index in [1.54, 1.807) is 7.11 Å². The van der Waals surface area contributed by atoms with Gasteiger partial charge in [0.15, 0.2) is 9.84 Å². The maximum atomic E-state index is 11.6. The third-order valence-electron chi connectivity index (χ3n) is 2.79. The average Bonchev–Trinajstić information content (AvgIpc) is 2.77. The standard InChI is InChI=1S/C11H23NO4S/c1-15-6-3-8-17(13,14)9-5-12-10-11-4-2-7-16-11/h11-12H,2-10H2,1H3. The fourth-order valence-corrected chi connectivity index (χ4v) is 3.04. The normalized spacial score (nSPS) is 20.9. The van der Waals surface area contributed by atoms with Gasteiger partial charge in [0, 0.05) is 33.4 Å². The predicted molar refractivity (Wildman–Crippen MR) is 67.0 cm³/mol. The minimum Gasteiger partial charge on any atom is -0.385 e. The molecule has 17 heavy (non-hydrogen) atoms. The lowest BCUT2D eigenvalue weighted by Crippen LogP contribution is -2.31. The van der Waals surface area contributed by atoms with Crippen LogP contribution < -0.4 is 5.32 Å². The molecule has 0 radical (unpaired) electrons. The van der Waals surface area contributed by atoms with E-state index in [-0.39, 0.29) is 17.6 Å². The quantitative estimate of drug-likeness (QED) is 0.604. The second kappa shape index (κ2) is 8.02. The highest BCUT2D eigenvalue weighted by atomic mass is 32.2. The Kier molecular flexibility index (Phi) is 7.03. The van der Waals surface area contributed by atoms with Gasteiger partial charge in [-0.2, -0.15) is 0 Å². The molecule has 0 amide bonds. The lowest BCUT2D eigenvalue weighted by molar-refractivity contribution is 0.110. The van der Waals surface area contributed by atoms with E-state index in [0.29, 0.717) is 19.6 Å². The Labute approximate surface area is 104 Å². The molecule has 0 spiro atoms. The molecular weight excluding hydrogens is 242 g/mol. The van der Waals surface area contributed by atoms with E-state index < -0.39 is 9.84 Å². The number of rotatable bonds is 9. The molecule has 6 heteroatoms. The fraction of sp³-hybridized carbons (Fsp3) is 1.00. The van der Waals surface area contributed by atoms with E-state index in [2.05, 4.69) is 5.32 Å². The molecule has 0 aromatic carbocycles. The summed E-state index contributed by atoms with van der Waals surface area (Å²) in [7, 11) is -1.35. The van der Waals surface area contributed by atoms with Crippen LogP contribution in [0.4, 0.5) is 0 Å². The summed E-state index contributed by atoms with van der Waals surface area (Å²) in [5, 5.41) is 3.14. The highest BCUT2D eigenvalue weighted by Gasteiger charge is 2.15. The first-order valence-corrected chi connectivity index (χ1v) is 7.98. The summed E-state index contributed by atoms with van der Waals surface area (Å²) in [5.41, 5.74) is 0. The molecule has 1 N–H and O–H groups in total. The summed E-state index contributed by atoms with van der Waals surface area (Å²) < 4.78 is 33.4. The molecule has 0 bridgehead atoms. The minimum absolute atomic E-state index is 0.198. The zero-order valence-corrected chi connectivity index (χ0v) is 11.3. The molecule has 0 aromatic rings. The Morgan fingerprint density at radius 3 is 2.88 bits per heavy atom. The van der Waals surface area contributed by atoms with Crippen LogP contribution in [0, 0.1) is 0 Å². The SMILES string of the molecule is COCCCS(=O)(=O)CCNCC1CCCO1. The van der Waals surface area contributed by atoms with Gasteiger partial charge in [-0.1, -0.05) is 0 Å². The molecule has 1 aliphatic rings. The van der Waals surface area contributed by atoms with Gasteiger partial charge in [-0.05, 0) is 19.3 Å². The average molecular weight is 265 g/mol. The monoisotopic (exact) mass is 265 g/mol. The molecule has 5 nitrogen and oxygen atoms in total. The minimum atomic E-state index is -2.93. The van der Waals surface area contributed by atoms with Crippen molar-refractivity contribution >= 4 is 9.84 Å². The Morgan fingerprint density at radius 2 is 2.24 bits per heavy atom. The van der Waals surface area contributed by atoms with Crippen molar-refractivity contribution < 1.29 is 17.9 Å².